The van der Waals surface area contributed by atoms with Crippen molar-refractivity contribution in [1.82, 2.24) is 0 Å². The van der Waals surface area contributed by atoms with Crippen LogP contribution >= 0.6 is 0 Å². The van der Waals surface area contributed by atoms with Crippen molar-refractivity contribution in [2.24, 2.45) is 0 Å². The standard InChI is InChI=1S/C25H20AsO.HI/c1-26(21-17-15-20(16-18-21)19-9-3-2-4-10-19)22-11-5-7-13-24(22)27-25-14-8-6-12-23(25)26;/h2-18H,1H3;1H. The molecule has 0 saturated heterocycles. The van der Waals surface area contributed by atoms with Crippen LogP contribution in [0.15, 0.2) is 103 Å². The number of ether oxygens (including phenoxy) is 1. The number of aromatic hydroxyl groups is 2. The average Bonchev–Trinajstić information content (AvgIpc) is 2.75. The SMILES string of the molecule is C[As]1(c2ccc(-c3ccccc3)cc2)c2ccccc2[OH+]c2ccccc21.[I-]. The average molecular weight is 539 g/mol. The van der Waals surface area contributed by atoms with Crippen LogP contribution < -0.4 is 37.0 Å². The molecule has 0 aromatic heterocycles. The van der Waals surface area contributed by atoms with Gasteiger partial charge in [0.1, 0.15) is 0 Å². The van der Waals surface area contributed by atoms with E-state index in [0.29, 0.717) is 0 Å². The quantitative estimate of drug-likeness (QED) is 0.208. The molecule has 139 valence electrons. The van der Waals surface area contributed by atoms with Crippen LogP contribution in [-0.2, 0) is 0 Å². The first-order valence-corrected chi connectivity index (χ1v) is 13.9. The van der Waals surface area contributed by atoms with Crippen molar-refractivity contribution < 1.29 is 28.7 Å². The zero-order valence-electron chi connectivity index (χ0n) is 15.6. The van der Waals surface area contributed by atoms with Gasteiger partial charge in [-0.25, -0.2) is 0 Å². The van der Waals surface area contributed by atoms with Crippen molar-refractivity contribution in [3.63, 3.8) is 0 Å². The Morgan fingerprint density at radius 3 is 1.57 bits per heavy atom. The van der Waals surface area contributed by atoms with E-state index in [4.69, 9.17) is 4.74 Å². The van der Waals surface area contributed by atoms with Gasteiger partial charge in [-0.2, -0.15) is 0 Å². The number of hydrogen-bond donors (Lipinski definition) is 0. The molecule has 0 atom stereocenters. The zero-order valence-corrected chi connectivity index (χ0v) is 19.6. The van der Waals surface area contributed by atoms with Crippen molar-refractivity contribution in [3.05, 3.63) is 103 Å². The van der Waals surface area contributed by atoms with Gasteiger partial charge >= 0.3 is 163 Å². The predicted molar refractivity (Wildman–Crippen MR) is 116 cm³/mol. The summed E-state index contributed by atoms with van der Waals surface area (Å²) in [6, 6.07) is 37.2. The summed E-state index contributed by atoms with van der Waals surface area (Å²) < 4.78 is 9.26. The van der Waals surface area contributed by atoms with Crippen molar-refractivity contribution in [2.75, 3.05) is 0 Å². The minimum Gasteiger partial charge on any atom is -1.00 e. The Bertz CT molecular complexity index is 1060. The van der Waals surface area contributed by atoms with E-state index in [2.05, 4.69) is 109 Å². The summed E-state index contributed by atoms with van der Waals surface area (Å²) in [5, 5.41) is 0. The summed E-state index contributed by atoms with van der Waals surface area (Å²) in [4.78, 5) is 0. The molecular weight excluding hydrogens is 518 g/mol. The van der Waals surface area contributed by atoms with E-state index in [1.807, 2.05) is 0 Å². The van der Waals surface area contributed by atoms with E-state index in [-0.39, 0.29) is 24.0 Å². The van der Waals surface area contributed by atoms with E-state index < -0.39 is 13.6 Å². The van der Waals surface area contributed by atoms with Gasteiger partial charge in [-0.15, -0.1) is 0 Å². The molecule has 0 saturated carbocycles. The molecule has 0 amide bonds. The second-order valence-corrected chi connectivity index (χ2v) is 14.3. The second-order valence-electron chi connectivity index (χ2n) is 7.01. The summed E-state index contributed by atoms with van der Waals surface area (Å²) in [5.74, 6) is 2.27. The molecule has 1 heterocycles. The fourth-order valence-corrected chi connectivity index (χ4v) is 11.3. The van der Waals surface area contributed by atoms with E-state index in [9.17, 15) is 0 Å². The Morgan fingerprint density at radius 2 is 1.00 bits per heavy atom. The Kier molecular flexibility index (Phi) is 5.35. The Hall–Kier alpha value is -2.03. The van der Waals surface area contributed by atoms with Gasteiger partial charge in [0.25, 0.3) is 0 Å². The molecule has 1 nitrogen and oxygen atoms in total. The maximum absolute atomic E-state index is 4.94. The first kappa shape index (κ1) is 19.3. The van der Waals surface area contributed by atoms with Crippen LogP contribution in [0.25, 0.3) is 11.1 Å². The first-order chi connectivity index (χ1) is 13.3. The third kappa shape index (κ3) is 3.09. The number of fused-ring (bicyclic) bond motifs is 2. The number of para-hydroxylation sites is 2. The first-order valence-electron chi connectivity index (χ1n) is 9.20. The van der Waals surface area contributed by atoms with E-state index in [1.165, 1.54) is 24.2 Å². The molecular formula is C25H21AsIO. The molecule has 1 N–H and O–H groups in total. The molecule has 4 aromatic rings. The molecule has 1 aliphatic heterocycles. The Morgan fingerprint density at radius 1 is 0.536 bits per heavy atom. The maximum Gasteiger partial charge on any atom is -1.00 e. The number of rotatable bonds is 2. The van der Waals surface area contributed by atoms with Gasteiger partial charge in [-0.05, 0) is 0 Å². The Balaban J connectivity index is 0.00000192. The van der Waals surface area contributed by atoms with Gasteiger partial charge < -0.3 is 24.0 Å². The molecule has 0 aliphatic carbocycles. The summed E-state index contributed by atoms with van der Waals surface area (Å²) in [7, 11) is 0. The van der Waals surface area contributed by atoms with Gasteiger partial charge in [0, 0.05) is 0 Å². The fourth-order valence-electron chi connectivity index (χ4n) is 3.99. The fraction of sp³-hybridized carbons (Fsp3) is 0.0400. The van der Waals surface area contributed by atoms with Crippen LogP contribution in [0.5, 0.6) is 11.5 Å². The molecule has 0 fully saturated rings. The molecule has 3 heteroatoms. The van der Waals surface area contributed by atoms with E-state index in [1.54, 1.807) is 0 Å². The van der Waals surface area contributed by atoms with Crippen LogP contribution in [0.1, 0.15) is 0 Å². The minimum absolute atomic E-state index is 0. The van der Waals surface area contributed by atoms with Crippen molar-refractivity contribution >= 4 is 26.6 Å². The molecule has 5 rings (SSSR count). The summed E-state index contributed by atoms with van der Waals surface area (Å²) in [6.45, 7) is 0. The number of benzene rings is 4. The summed E-state index contributed by atoms with van der Waals surface area (Å²) in [5.41, 5.74) is 5.02. The van der Waals surface area contributed by atoms with Crippen LogP contribution in [0.2, 0.25) is 5.71 Å². The maximum atomic E-state index is 4.94. The third-order valence-electron chi connectivity index (χ3n) is 5.46. The van der Waals surface area contributed by atoms with Crippen molar-refractivity contribution in [1.29, 1.82) is 0 Å². The molecule has 0 bridgehead atoms. The zero-order chi connectivity index (χ0) is 18.3. The normalized spacial score (nSPS) is 13.5. The van der Waals surface area contributed by atoms with Gasteiger partial charge in [0.2, 0.25) is 0 Å². The van der Waals surface area contributed by atoms with Crippen molar-refractivity contribution in [2.45, 2.75) is 5.71 Å². The van der Waals surface area contributed by atoms with Crippen LogP contribution in [0.4, 0.5) is 0 Å². The second kappa shape index (κ2) is 7.77. The largest absolute Gasteiger partial charge is 1.00 e. The summed E-state index contributed by atoms with van der Waals surface area (Å²) >= 11 is -2.51. The minimum atomic E-state index is -2.51. The molecule has 0 unspecified atom stereocenters. The van der Waals surface area contributed by atoms with Gasteiger partial charge in [-0.3, -0.25) is 0 Å². The summed E-state index contributed by atoms with van der Waals surface area (Å²) in [6.07, 6.45) is 0. The topological polar surface area (TPSA) is 12.8 Å². The van der Waals surface area contributed by atoms with Crippen LogP contribution in [0, 0.1) is 0 Å². The van der Waals surface area contributed by atoms with E-state index >= 15 is 0 Å². The molecule has 4 aromatic carbocycles. The molecule has 0 spiro atoms. The van der Waals surface area contributed by atoms with Crippen LogP contribution in [0.3, 0.4) is 0 Å². The molecule has 28 heavy (non-hydrogen) atoms. The monoisotopic (exact) mass is 539 g/mol. The van der Waals surface area contributed by atoms with E-state index in [0.717, 1.165) is 11.5 Å². The molecule has 1 radical (unpaired) electrons. The predicted octanol–water partition coefficient (Wildman–Crippen LogP) is 1.43. The van der Waals surface area contributed by atoms with Crippen molar-refractivity contribution in [3.8, 4) is 22.6 Å². The number of hydrogen-bond acceptors (Lipinski definition) is 0. The van der Waals surface area contributed by atoms with Gasteiger partial charge in [0.05, 0.1) is 0 Å². The van der Waals surface area contributed by atoms with Crippen LogP contribution in [-0.4, -0.2) is 18.3 Å². The third-order valence-corrected chi connectivity index (χ3v) is 13.9. The molecule has 1 aliphatic rings. The Labute approximate surface area is 185 Å². The number of halogens is 1. The van der Waals surface area contributed by atoms with Gasteiger partial charge in [0.15, 0.2) is 0 Å². The van der Waals surface area contributed by atoms with Gasteiger partial charge in [-0.1, -0.05) is 0 Å². The smallest absolute Gasteiger partial charge is 1.00 e.